The first-order valence-corrected chi connectivity index (χ1v) is 12.7. The van der Waals surface area contributed by atoms with E-state index >= 15 is 0 Å². The Morgan fingerprint density at radius 2 is 1.91 bits per heavy atom. The third-order valence-electron chi connectivity index (χ3n) is 7.56. The Balaban J connectivity index is 1.53. The van der Waals surface area contributed by atoms with Crippen molar-refractivity contribution in [2.75, 3.05) is 0 Å². The van der Waals surface area contributed by atoms with Crippen molar-refractivity contribution in [3.63, 3.8) is 0 Å². The van der Waals surface area contributed by atoms with E-state index in [-0.39, 0.29) is 25.0 Å². The zero-order valence-electron chi connectivity index (χ0n) is 21.1. The van der Waals surface area contributed by atoms with E-state index < -0.39 is 30.4 Å². The molecule has 190 valence electrons. The Morgan fingerprint density at radius 3 is 2.59 bits per heavy atom. The van der Waals surface area contributed by atoms with Gasteiger partial charge in [0.05, 0.1) is 30.8 Å². The fourth-order valence-corrected chi connectivity index (χ4v) is 5.22. The topological polar surface area (TPSA) is 96.2 Å². The molecule has 1 saturated carbocycles. The van der Waals surface area contributed by atoms with Crippen LogP contribution >= 0.6 is 0 Å². The summed E-state index contributed by atoms with van der Waals surface area (Å²) in [6.45, 7) is 10.9. The van der Waals surface area contributed by atoms with Crippen LogP contribution in [-0.4, -0.2) is 57.9 Å². The van der Waals surface area contributed by atoms with Gasteiger partial charge in [-0.05, 0) is 61.5 Å². The molecule has 0 aromatic heterocycles. The summed E-state index contributed by atoms with van der Waals surface area (Å²) in [5.74, 6) is 0.603. The number of aliphatic carboxylic acids is 1. The first-order valence-electron chi connectivity index (χ1n) is 12.7. The average molecular weight is 475 g/mol. The van der Waals surface area contributed by atoms with Crippen molar-refractivity contribution in [1.29, 1.82) is 0 Å². The number of carbonyl (C=O) groups is 1. The molecule has 3 N–H and O–H groups in total. The number of aliphatic hydroxyl groups excluding tert-OH is 2. The second-order valence-corrected chi connectivity index (χ2v) is 10.4. The molecule has 0 amide bonds. The molecule has 2 fully saturated rings. The van der Waals surface area contributed by atoms with E-state index in [0.717, 1.165) is 12.8 Å². The molecule has 2 heterocycles. The van der Waals surface area contributed by atoms with Crippen molar-refractivity contribution in [3.05, 3.63) is 47.6 Å². The summed E-state index contributed by atoms with van der Waals surface area (Å²) in [6, 6.07) is 0. The van der Waals surface area contributed by atoms with Crippen molar-refractivity contribution >= 4 is 5.97 Å². The molecule has 1 saturated heterocycles. The summed E-state index contributed by atoms with van der Waals surface area (Å²) in [5, 5.41) is 29.3. The van der Waals surface area contributed by atoms with Crippen LogP contribution in [0.4, 0.5) is 0 Å². The average Bonchev–Trinajstić information content (AvgIpc) is 3.40. The number of allylic oxidation sites excluding steroid dienone is 4. The zero-order chi connectivity index (χ0) is 25.0. The maximum atomic E-state index is 11.0. The summed E-state index contributed by atoms with van der Waals surface area (Å²) in [4.78, 5) is 11.0. The Labute approximate surface area is 204 Å². The van der Waals surface area contributed by atoms with Gasteiger partial charge in [-0.25, -0.2) is 0 Å². The second kappa shape index (κ2) is 11.8. The van der Waals surface area contributed by atoms with Crippen LogP contribution in [0.25, 0.3) is 0 Å². The molecule has 6 heteroatoms. The van der Waals surface area contributed by atoms with E-state index in [2.05, 4.69) is 58.9 Å². The summed E-state index contributed by atoms with van der Waals surface area (Å²) in [6.07, 6.45) is 11.9. The van der Waals surface area contributed by atoms with Crippen molar-refractivity contribution in [1.82, 2.24) is 0 Å². The molecule has 0 bridgehead atoms. The van der Waals surface area contributed by atoms with Crippen LogP contribution in [0, 0.1) is 23.7 Å². The van der Waals surface area contributed by atoms with Crippen LogP contribution in [-0.2, 0) is 14.3 Å². The van der Waals surface area contributed by atoms with Crippen molar-refractivity contribution in [3.8, 4) is 0 Å². The van der Waals surface area contributed by atoms with Gasteiger partial charge in [0, 0.05) is 6.42 Å². The lowest BCUT2D eigenvalue weighted by Crippen LogP contribution is -2.47. The van der Waals surface area contributed by atoms with Gasteiger partial charge in [0.15, 0.2) is 0 Å². The van der Waals surface area contributed by atoms with Crippen molar-refractivity contribution < 1.29 is 29.6 Å². The van der Waals surface area contributed by atoms with Gasteiger partial charge in [-0.3, -0.25) is 4.79 Å². The molecule has 0 unspecified atom stereocenters. The minimum atomic E-state index is -1.04. The van der Waals surface area contributed by atoms with E-state index in [1.165, 1.54) is 11.1 Å². The minimum absolute atomic E-state index is 0.134. The quantitative estimate of drug-likeness (QED) is 0.428. The lowest BCUT2D eigenvalue weighted by atomic mass is 9.95. The van der Waals surface area contributed by atoms with Crippen LogP contribution < -0.4 is 0 Å². The molecule has 10 atom stereocenters. The standard InChI is InChI=1S/C28H42O6/c1-6-24-17(3)8-11-25(34-24)18(4)13-16(2)7-9-21-19(5)22(21)10-12-26-28(32)23(29)14-20(33-26)15-27(30)31/h7-10,12-13,16,19-26,28-29,32H,6,11,14-15H2,1-5H3,(H,30,31)/b9-7+,12-10+,18-13+/t16-,19-,20+,21-,22+,23+,24+,25+,26+,28-/m0/s1. The van der Waals surface area contributed by atoms with Gasteiger partial charge in [0.25, 0.3) is 0 Å². The molecule has 3 aliphatic rings. The van der Waals surface area contributed by atoms with Gasteiger partial charge in [-0.2, -0.15) is 0 Å². The summed E-state index contributed by atoms with van der Waals surface area (Å²) in [7, 11) is 0. The third-order valence-corrected chi connectivity index (χ3v) is 7.56. The number of carboxylic acids is 1. The summed E-state index contributed by atoms with van der Waals surface area (Å²) in [5.41, 5.74) is 2.61. The van der Waals surface area contributed by atoms with Crippen molar-refractivity contribution in [2.24, 2.45) is 23.7 Å². The third kappa shape index (κ3) is 6.91. The number of hydrogen-bond acceptors (Lipinski definition) is 5. The second-order valence-electron chi connectivity index (χ2n) is 10.4. The molecule has 1 aliphatic carbocycles. The molecular formula is C28H42O6. The maximum absolute atomic E-state index is 11.0. The van der Waals surface area contributed by atoms with Crippen LogP contribution in [0.1, 0.15) is 60.3 Å². The van der Waals surface area contributed by atoms with Gasteiger partial charge in [0.2, 0.25) is 0 Å². The molecule has 0 aromatic carbocycles. The monoisotopic (exact) mass is 474 g/mol. The number of rotatable bonds is 9. The van der Waals surface area contributed by atoms with E-state index in [4.69, 9.17) is 14.6 Å². The Morgan fingerprint density at radius 1 is 1.21 bits per heavy atom. The van der Waals surface area contributed by atoms with E-state index in [1.54, 1.807) is 6.08 Å². The number of hydrogen-bond donors (Lipinski definition) is 3. The number of aliphatic hydroxyl groups is 2. The van der Waals surface area contributed by atoms with Gasteiger partial charge in [-0.15, -0.1) is 0 Å². The van der Waals surface area contributed by atoms with Crippen LogP contribution in [0.2, 0.25) is 0 Å². The zero-order valence-corrected chi connectivity index (χ0v) is 21.1. The minimum Gasteiger partial charge on any atom is -0.481 e. The molecule has 34 heavy (non-hydrogen) atoms. The number of carboxylic acid groups (broad SMARTS) is 1. The molecule has 0 radical (unpaired) electrons. The van der Waals surface area contributed by atoms with Gasteiger partial charge < -0.3 is 24.8 Å². The summed E-state index contributed by atoms with van der Waals surface area (Å²) < 4.78 is 12.0. The smallest absolute Gasteiger partial charge is 0.305 e. The van der Waals surface area contributed by atoms with Crippen LogP contribution in [0.15, 0.2) is 47.6 Å². The largest absolute Gasteiger partial charge is 0.481 e. The predicted octanol–water partition coefficient (Wildman–Crippen LogP) is 4.43. The molecular weight excluding hydrogens is 432 g/mol. The fourth-order valence-electron chi connectivity index (χ4n) is 5.22. The predicted molar refractivity (Wildman–Crippen MR) is 132 cm³/mol. The van der Waals surface area contributed by atoms with Crippen molar-refractivity contribution in [2.45, 2.75) is 96.9 Å². The highest BCUT2D eigenvalue weighted by atomic mass is 16.5. The summed E-state index contributed by atoms with van der Waals surface area (Å²) >= 11 is 0. The molecule has 6 nitrogen and oxygen atoms in total. The lowest BCUT2D eigenvalue weighted by molar-refractivity contribution is -0.163. The maximum Gasteiger partial charge on any atom is 0.305 e. The Kier molecular flexibility index (Phi) is 9.33. The Hall–Kier alpha value is -1.73. The van der Waals surface area contributed by atoms with E-state index in [1.807, 2.05) is 6.08 Å². The molecule has 3 rings (SSSR count). The number of ether oxygens (including phenoxy) is 2. The Bertz CT molecular complexity index is 827. The first-order chi connectivity index (χ1) is 16.1. The lowest BCUT2D eigenvalue weighted by Gasteiger charge is -2.35. The highest BCUT2D eigenvalue weighted by Gasteiger charge is 2.43. The van der Waals surface area contributed by atoms with E-state index in [0.29, 0.717) is 23.7 Å². The molecule has 0 aromatic rings. The van der Waals surface area contributed by atoms with Gasteiger partial charge in [-0.1, -0.05) is 57.2 Å². The molecule has 0 spiro atoms. The first kappa shape index (κ1) is 26.9. The van der Waals surface area contributed by atoms with Crippen LogP contribution in [0.3, 0.4) is 0 Å². The highest BCUT2D eigenvalue weighted by Crippen LogP contribution is 2.48. The van der Waals surface area contributed by atoms with E-state index in [9.17, 15) is 15.0 Å². The SMILES string of the molecule is CC[C@H]1O[C@@H](/C(C)=C/[C@@H](C)/C=C/[C@H]2[C@H](C)[C@H]2/C=C/[C@H]2O[C@@H](CC(=O)O)C[C@@H](O)[C@@H]2O)CC=C1C. The highest BCUT2D eigenvalue weighted by molar-refractivity contribution is 5.67. The van der Waals surface area contributed by atoms with Gasteiger partial charge >= 0.3 is 5.97 Å². The van der Waals surface area contributed by atoms with Crippen LogP contribution in [0.5, 0.6) is 0 Å². The van der Waals surface area contributed by atoms with Gasteiger partial charge in [0.1, 0.15) is 12.2 Å². The normalized spacial score (nSPS) is 39.9. The molecule has 2 aliphatic heterocycles. The fraction of sp³-hybridized carbons (Fsp3) is 0.679.